The fourth-order valence-corrected chi connectivity index (χ4v) is 3.65. The number of methoxy groups -OCH3 is 1. The van der Waals surface area contributed by atoms with Crippen LogP contribution in [0.4, 0.5) is 4.39 Å². The third kappa shape index (κ3) is 4.25. The van der Waals surface area contributed by atoms with Gasteiger partial charge in [-0.2, -0.15) is 0 Å². The number of rotatable bonds is 9. The van der Waals surface area contributed by atoms with Crippen molar-refractivity contribution in [2.45, 2.75) is 13.0 Å². The lowest BCUT2D eigenvalue weighted by atomic mass is 10.1. The predicted octanol–water partition coefficient (Wildman–Crippen LogP) is 2.42. The molecule has 34 heavy (non-hydrogen) atoms. The summed E-state index contributed by atoms with van der Waals surface area (Å²) in [5.41, 5.74) is 1.21. The van der Waals surface area contributed by atoms with Crippen molar-refractivity contribution in [2.24, 2.45) is 0 Å². The number of pyridine rings is 3. The number of nitrogens with zero attached hydrogens (tertiary/aromatic N) is 5. The van der Waals surface area contributed by atoms with Gasteiger partial charge in [-0.3, -0.25) is 14.2 Å². The van der Waals surface area contributed by atoms with Crippen molar-refractivity contribution in [3.05, 3.63) is 70.5 Å². The van der Waals surface area contributed by atoms with E-state index in [1.165, 1.54) is 15.0 Å². The maximum Gasteiger partial charge on any atom is 0.260 e. The molecule has 0 unspecified atom stereocenters. The summed E-state index contributed by atoms with van der Waals surface area (Å²) < 4.78 is 28.3. The van der Waals surface area contributed by atoms with Gasteiger partial charge in [-0.25, -0.2) is 4.39 Å². The lowest BCUT2D eigenvalue weighted by molar-refractivity contribution is 0.146. The number of halogens is 1. The Labute approximate surface area is 194 Å². The highest BCUT2D eigenvalue weighted by Crippen LogP contribution is 2.23. The summed E-state index contributed by atoms with van der Waals surface area (Å²) in [6.45, 7) is 2.53. The van der Waals surface area contributed by atoms with Crippen LogP contribution in [0.15, 0.2) is 47.8 Å². The van der Waals surface area contributed by atoms with E-state index in [4.69, 9.17) is 14.9 Å². The van der Waals surface area contributed by atoms with E-state index in [1.54, 1.807) is 58.0 Å². The maximum absolute atomic E-state index is 14.8. The zero-order chi connectivity index (χ0) is 24.2. The van der Waals surface area contributed by atoms with Crippen molar-refractivity contribution < 1.29 is 13.9 Å². The molecule has 10 nitrogen and oxygen atoms in total. The summed E-state index contributed by atoms with van der Waals surface area (Å²) in [4.78, 5) is 17.6. The monoisotopic (exact) mass is 465 g/mol. The minimum atomic E-state index is -0.583. The lowest BCUT2D eigenvalue weighted by Crippen LogP contribution is -2.25. The quantitative estimate of drug-likeness (QED) is 0.288. The largest absolute Gasteiger partial charge is 0.490 e. The van der Waals surface area contributed by atoms with Gasteiger partial charge >= 0.3 is 0 Å². The van der Waals surface area contributed by atoms with E-state index in [0.29, 0.717) is 46.8 Å². The third-order valence-corrected chi connectivity index (χ3v) is 5.37. The van der Waals surface area contributed by atoms with Gasteiger partial charge in [-0.15, -0.1) is 10.2 Å². The van der Waals surface area contributed by atoms with E-state index in [9.17, 15) is 9.18 Å². The minimum Gasteiger partial charge on any atom is -0.490 e. The van der Waals surface area contributed by atoms with Crippen LogP contribution < -0.4 is 15.6 Å². The second-order valence-corrected chi connectivity index (χ2v) is 7.51. The van der Waals surface area contributed by atoms with Gasteiger partial charge in [0, 0.05) is 50.1 Å². The van der Waals surface area contributed by atoms with Gasteiger partial charge in [0.1, 0.15) is 12.4 Å². The molecule has 0 aliphatic rings. The van der Waals surface area contributed by atoms with Crippen LogP contribution in [0, 0.1) is 11.2 Å². The standard InChI is InChI=1S/C23H24FN7O3/c1-14(21-28-29-22-19(24)8-15(13-31(21)22)16(10-25)11-26-2)30-5-4-20-18(23(30)32)9-17(12-27-20)34-7-6-33-3/h4-5,8-14,25-26H,6-7H2,1-3H3/b16-11+,25-10?/t14-/m1/s1. The fourth-order valence-electron chi connectivity index (χ4n) is 3.65. The van der Waals surface area contributed by atoms with Crippen molar-refractivity contribution in [1.82, 2.24) is 29.5 Å². The predicted molar refractivity (Wildman–Crippen MR) is 126 cm³/mol. The van der Waals surface area contributed by atoms with E-state index in [-0.39, 0.29) is 11.2 Å². The van der Waals surface area contributed by atoms with Crippen molar-refractivity contribution in [1.29, 1.82) is 5.41 Å². The van der Waals surface area contributed by atoms with E-state index < -0.39 is 11.9 Å². The highest BCUT2D eigenvalue weighted by Gasteiger charge is 2.20. The summed E-state index contributed by atoms with van der Waals surface area (Å²) in [7, 11) is 3.27. The molecule has 0 aliphatic heterocycles. The summed E-state index contributed by atoms with van der Waals surface area (Å²) in [6, 6.07) is 4.09. The molecule has 0 amide bonds. The Bertz CT molecular complexity index is 1440. The second-order valence-electron chi connectivity index (χ2n) is 7.51. The summed E-state index contributed by atoms with van der Waals surface area (Å²) in [5, 5.41) is 19.0. The number of ether oxygens (including phenoxy) is 2. The number of hydrogen-bond donors (Lipinski definition) is 2. The summed E-state index contributed by atoms with van der Waals surface area (Å²) in [6.07, 6.45) is 7.54. The third-order valence-electron chi connectivity index (χ3n) is 5.37. The Morgan fingerprint density at radius 1 is 1.32 bits per heavy atom. The van der Waals surface area contributed by atoms with Crippen molar-refractivity contribution in [3.63, 3.8) is 0 Å². The first kappa shape index (κ1) is 23.1. The van der Waals surface area contributed by atoms with E-state index in [1.807, 2.05) is 0 Å². The molecule has 0 radical (unpaired) electrons. The van der Waals surface area contributed by atoms with Crippen LogP contribution in [0.1, 0.15) is 24.4 Å². The number of hydrogen-bond acceptors (Lipinski definition) is 8. The Kier molecular flexibility index (Phi) is 6.64. The molecule has 1 atom stereocenters. The van der Waals surface area contributed by atoms with E-state index >= 15 is 0 Å². The van der Waals surface area contributed by atoms with Crippen LogP contribution in [-0.2, 0) is 4.74 Å². The van der Waals surface area contributed by atoms with Crippen LogP contribution in [0.3, 0.4) is 0 Å². The normalized spacial score (nSPS) is 12.8. The molecule has 4 aromatic heterocycles. The molecule has 4 heterocycles. The molecular formula is C23H24FN7O3. The van der Waals surface area contributed by atoms with Crippen molar-refractivity contribution in [3.8, 4) is 5.75 Å². The zero-order valence-electron chi connectivity index (χ0n) is 18.9. The van der Waals surface area contributed by atoms with Crippen LogP contribution in [-0.4, -0.2) is 57.7 Å². The first-order valence-electron chi connectivity index (χ1n) is 10.5. The number of aromatic nitrogens is 5. The second kappa shape index (κ2) is 9.79. The molecular weight excluding hydrogens is 441 g/mol. The summed E-state index contributed by atoms with van der Waals surface area (Å²) in [5.74, 6) is 0.244. The van der Waals surface area contributed by atoms with E-state index in [2.05, 4.69) is 20.5 Å². The lowest BCUT2D eigenvalue weighted by Gasteiger charge is -2.15. The SMILES string of the molecule is CN/C=C(\C=N)c1cc(F)c2nnc([C@@H](C)n3ccc4ncc(OCCOC)cc4c3=O)n2c1. The highest BCUT2D eigenvalue weighted by molar-refractivity contribution is 6.08. The van der Waals surface area contributed by atoms with Gasteiger partial charge in [-0.05, 0) is 25.1 Å². The molecule has 0 aromatic carbocycles. The molecule has 0 fully saturated rings. The molecule has 11 heteroatoms. The molecule has 0 spiro atoms. The van der Waals surface area contributed by atoms with Crippen LogP contribution in [0.5, 0.6) is 5.75 Å². The Morgan fingerprint density at radius 3 is 2.88 bits per heavy atom. The van der Waals surface area contributed by atoms with Crippen LogP contribution in [0.2, 0.25) is 0 Å². The minimum absolute atomic E-state index is 0.0312. The zero-order valence-corrected chi connectivity index (χ0v) is 18.9. The highest BCUT2D eigenvalue weighted by atomic mass is 19.1. The fraction of sp³-hybridized carbons (Fsp3) is 0.261. The molecule has 0 saturated carbocycles. The maximum atomic E-state index is 14.8. The molecule has 2 N–H and O–H groups in total. The average Bonchev–Trinajstić information content (AvgIpc) is 3.27. The Hall–Kier alpha value is -4.12. The van der Waals surface area contributed by atoms with Gasteiger partial charge in [0.15, 0.2) is 17.3 Å². The molecule has 0 bridgehead atoms. The molecule has 0 saturated heterocycles. The smallest absolute Gasteiger partial charge is 0.260 e. The Morgan fingerprint density at radius 2 is 2.15 bits per heavy atom. The number of allylic oxidation sites excluding steroid dienone is 1. The van der Waals surface area contributed by atoms with E-state index in [0.717, 1.165) is 6.21 Å². The average molecular weight is 465 g/mol. The molecule has 176 valence electrons. The van der Waals surface area contributed by atoms with Gasteiger partial charge in [0.25, 0.3) is 5.56 Å². The topological polar surface area (TPSA) is 119 Å². The van der Waals surface area contributed by atoms with Gasteiger partial charge in [-0.1, -0.05) is 0 Å². The summed E-state index contributed by atoms with van der Waals surface area (Å²) >= 11 is 0. The first-order chi connectivity index (χ1) is 16.5. The van der Waals surface area contributed by atoms with Crippen molar-refractivity contribution in [2.75, 3.05) is 27.4 Å². The molecule has 4 rings (SSSR count). The molecule has 0 aliphatic carbocycles. The number of nitrogens with one attached hydrogen (secondary N) is 2. The van der Waals surface area contributed by atoms with Crippen LogP contribution in [0.25, 0.3) is 22.1 Å². The van der Waals surface area contributed by atoms with Crippen LogP contribution >= 0.6 is 0 Å². The van der Waals surface area contributed by atoms with Crippen molar-refractivity contribution >= 4 is 28.3 Å². The molecule has 4 aromatic rings. The first-order valence-corrected chi connectivity index (χ1v) is 10.5. The Balaban J connectivity index is 1.79. The number of fused-ring (bicyclic) bond motifs is 2. The van der Waals surface area contributed by atoms with Gasteiger partial charge < -0.3 is 24.8 Å². The van der Waals surface area contributed by atoms with Gasteiger partial charge in [0.05, 0.1) is 29.7 Å². The van der Waals surface area contributed by atoms with Gasteiger partial charge in [0.2, 0.25) is 0 Å².